The molecule has 1 aliphatic heterocycles. The molecule has 1 amide bonds. The van der Waals surface area contributed by atoms with Crippen molar-refractivity contribution < 1.29 is 9.53 Å². The van der Waals surface area contributed by atoms with Crippen LogP contribution in [-0.2, 0) is 15.1 Å². The van der Waals surface area contributed by atoms with E-state index in [0.717, 1.165) is 63.6 Å². The second kappa shape index (κ2) is 11.1. The summed E-state index contributed by atoms with van der Waals surface area (Å²) >= 11 is 0. The largest absolute Gasteiger partial charge is 0.379 e. The molecule has 2 aromatic rings. The molecule has 0 unspecified atom stereocenters. The summed E-state index contributed by atoms with van der Waals surface area (Å²) in [5.41, 5.74) is 3.35. The molecule has 1 saturated heterocycles. The van der Waals surface area contributed by atoms with Gasteiger partial charge in [0.25, 0.3) is 0 Å². The van der Waals surface area contributed by atoms with Gasteiger partial charge in [0.1, 0.15) is 5.82 Å². The van der Waals surface area contributed by atoms with Crippen LogP contribution in [0, 0.1) is 5.92 Å². The van der Waals surface area contributed by atoms with Crippen molar-refractivity contribution in [1.29, 1.82) is 0 Å². The normalized spacial score (nSPS) is 18.9. The minimum absolute atomic E-state index is 0.0844. The lowest BCUT2D eigenvalue weighted by Gasteiger charge is -2.41. The van der Waals surface area contributed by atoms with Crippen molar-refractivity contribution in [2.24, 2.45) is 5.92 Å². The fraction of sp³-hybridized carbons (Fsp3) is 0.607. The summed E-state index contributed by atoms with van der Waals surface area (Å²) in [6.07, 6.45) is 8.49. The zero-order valence-electron chi connectivity index (χ0n) is 21.7. The van der Waals surface area contributed by atoms with Crippen LogP contribution >= 0.6 is 0 Å². The first-order chi connectivity index (χ1) is 17.5. The Morgan fingerprint density at radius 1 is 1.14 bits per heavy atom. The van der Waals surface area contributed by atoms with Crippen LogP contribution < -0.4 is 16.0 Å². The Bertz CT molecular complexity index is 1040. The molecule has 0 atom stereocenters. The summed E-state index contributed by atoms with van der Waals surface area (Å²) in [5.74, 6) is 2.52. The lowest BCUT2D eigenvalue weighted by atomic mass is 9.85. The zero-order chi connectivity index (χ0) is 25.0. The Morgan fingerprint density at radius 3 is 2.67 bits per heavy atom. The van der Waals surface area contributed by atoms with Gasteiger partial charge >= 0.3 is 0 Å². The summed E-state index contributed by atoms with van der Waals surface area (Å²) in [6, 6.07) is 8.55. The maximum atomic E-state index is 12.0. The average molecular weight is 493 g/mol. The van der Waals surface area contributed by atoms with Crippen molar-refractivity contribution >= 4 is 23.4 Å². The number of benzene rings is 1. The van der Waals surface area contributed by atoms with Crippen LogP contribution in [0.4, 0.5) is 17.5 Å². The summed E-state index contributed by atoms with van der Waals surface area (Å²) < 4.78 is 5.55. The Labute approximate surface area is 214 Å². The van der Waals surface area contributed by atoms with Crippen LogP contribution in [0.3, 0.4) is 0 Å². The van der Waals surface area contributed by atoms with E-state index in [4.69, 9.17) is 9.72 Å². The third-order valence-corrected chi connectivity index (χ3v) is 7.88. The molecule has 0 radical (unpaired) electrons. The molecule has 5 rings (SSSR count). The van der Waals surface area contributed by atoms with E-state index in [9.17, 15) is 4.79 Å². The first kappa shape index (κ1) is 25.0. The van der Waals surface area contributed by atoms with Crippen molar-refractivity contribution in [2.75, 3.05) is 50.0 Å². The SMILES string of the molecule is CC(C)(c1cccc(Nc2ncc(C3CC3)c(NCCCNC(=O)C3CCC3)n2)c1)N1CCOCC1. The Kier molecular flexibility index (Phi) is 7.72. The highest BCUT2D eigenvalue weighted by molar-refractivity contribution is 5.79. The van der Waals surface area contributed by atoms with E-state index in [-0.39, 0.29) is 17.4 Å². The predicted octanol–water partition coefficient (Wildman–Crippen LogP) is 4.38. The quantitative estimate of drug-likeness (QED) is 0.401. The molecule has 3 fully saturated rings. The highest BCUT2D eigenvalue weighted by Crippen LogP contribution is 2.43. The lowest BCUT2D eigenvalue weighted by Crippen LogP contribution is -2.47. The maximum Gasteiger partial charge on any atom is 0.229 e. The number of rotatable bonds is 11. The topological polar surface area (TPSA) is 91.4 Å². The van der Waals surface area contributed by atoms with Crippen molar-refractivity contribution in [1.82, 2.24) is 20.2 Å². The number of nitrogens with one attached hydrogen (secondary N) is 3. The molecular formula is C28H40N6O2. The third-order valence-electron chi connectivity index (χ3n) is 7.88. The van der Waals surface area contributed by atoms with E-state index in [1.807, 2.05) is 6.20 Å². The van der Waals surface area contributed by atoms with Gasteiger partial charge in [0.05, 0.1) is 13.2 Å². The van der Waals surface area contributed by atoms with Gasteiger partial charge < -0.3 is 20.7 Å². The molecule has 3 aliphatic rings. The Balaban J connectivity index is 1.21. The molecule has 2 saturated carbocycles. The van der Waals surface area contributed by atoms with E-state index in [1.165, 1.54) is 30.4 Å². The number of ether oxygens (including phenoxy) is 1. The number of aromatic nitrogens is 2. The van der Waals surface area contributed by atoms with E-state index in [0.29, 0.717) is 18.4 Å². The van der Waals surface area contributed by atoms with Crippen LogP contribution in [0.15, 0.2) is 30.5 Å². The minimum atomic E-state index is -0.0844. The smallest absolute Gasteiger partial charge is 0.229 e. The summed E-state index contributed by atoms with van der Waals surface area (Å²) in [7, 11) is 0. The second-order valence-corrected chi connectivity index (χ2v) is 10.8. The number of amides is 1. The van der Waals surface area contributed by atoms with Gasteiger partial charge in [-0.25, -0.2) is 4.98 Å². The van der Waals surface area contributed by atoms with Crippen LogP contribution in [-0.4, -0.2) is 60.2 Å². The van der Waals surface area contributed by atoms with E-state index in [2.05, 4.69) is 63.9 Å². The van der Waals surface area contributed by atoms with Gasteiger partial charge in [-0.2, -0.15) is 4.98 Å². The molecule has 3 N–H and O–H groups in total. The van der Waals surface area contributed by atoms with E-state index in [1.54, 1.807) is 0 Å². The van der Waals surface area contributed by atoms with Crippen LogP contribution in [0.2, 0.25) is 0 Å². The van der Waals surface area contributed by atoms with Crippen LogP contribution in [0.1, 0.15) is 69.4 Å². The number of anilines is 3. The molecule has 194 valence electrons. The standard InChI is InChI=1S/C28H40N6O2/c1-28(2,34-14-16-36-17-15-34)22-8-4-9-23(18-22)32-27-31-19-24(20-10-11-20)25(33-27)29-12-5-13-30-26(35)21-6-3-7-21/h4,8-9,18-21H,3,5-7,10-17H2,1-2H3,(H,30,35)(H2,29,31,32,33). The minimum Gasteiger partial charge on any atom is -0.379 e. The number of hydrogen-bond donors (Lipinski definition) is 3. The van der Waals surface area contributed by atoms with Crippen molar-refractivity contribution in [3.63, 3.8) is 0 Å². The van der Waals surface area contributed by atoms with Gasteiger partial charge in [-0.1, -0.05) is 18.6 Å². The molecule has 36 heavy (non-hydrogen) atoms. The number of carbonyl (C=O) groups excluding carboxylic acids is 1. The Morgan fingerprint density at radius 2 is 1.94 bits per heavy atom. The number of nitrogens with zero attached hydrogens (tertiary/aromatic N) is 3. The predicted molar refractivity (Wildman–Crippen MR) is 143 cm³/mol. The molecule has 1 aromatic heterocycles. The van der Waals surface area contributed by atoms with E-state index >= 15 is 0 Å². The highest BCUT2D eigenvalue weighted by Gasteiger charge is 2.30. The third kappa shape index (κ3) is 5.98. The van der Waals surface area contributed by atoms with Gasteiger partial charge in [0.15, 0.2) is 0 Å². The van der Waals surface area contributed by atoms with Crippen molar-refractivity contribution in [3.8, 4) is 0 Å². The average Bonchev–Trinajstić information content (AvgIpc) is 3.69. The molecule has 2 aliphatic carbocycles. The molecule has 1 aromatic carbocycles. The first-order valence-corrected chi connectivity index (χ1v) is 13.6. The van der Waals surface area contributed by atoms with Crippen LogP contribution in [0.5, 0.6) is 0 Å². The fourth-order valence-corrected chi connectivity index (χ4v) is 5.02. The lowest BCUT2D eigenvalue weighted by molar-refractivity contribution is -0.127. The van der Waals surface area contributed by atoms with Gasteiger partial charge in [-0.05, 0) is 69.6 Å². The molecule has 0 spiro atoms. The second-order valence-electron chi connectivity index (χ2n) is 10.8. The Hall–Kier alpha value is -2.71. The fourth-order valence-electron chi connectivity index (χ4n) is 5.02. The van der Waals surface area contributed by atoms with Crippen molar-refractivity contribution in [3.05, 3.63) is 41.6 Å². The monoisotopic (exact) mass is 492 g/mol. The summed E-state index contributed by atoms with van der Waals surface area (Å²) in [6.45, 7) is 9.46. The number of morpholine rings is 1. The number of hydrogen-bond acceptors (Lipinski definition) is 7. The maximum absolute atomic E-state index is 12.0. The zero-order valence-corrected chi connectivity index (χ0v) is 21.7. The molecule has 2 heterocycles. The van der Waals surface area contributed by atoms with Gasteiger partial charge in [0.2, 0.25) is 11.9 Å². The van der Waals surface area contributed by atoms with E-state index < -0.39 is 0 Å². The highest BCUT2D eigenvalue weighted by atomic mass is 16.5. The molecule has 8 nitrogen and oxygen atoms in total. The van der Waals surface area contributed by atoms with Gasteiger partial charge in [-0.15, -0.1) is 0 Å². The van der Waals surface area contributed by atoms with Crippen LogP contribution in [0.25, 0.3) is 0 Å². The summed E-state index contributed by atoms with van der Waals surface area (Å²) in [5, 5.41) is 10.0. The van der Waals surface area contributed by atoms with Gasteiger partial charge in [0, 0.05) is 55.1 Å². The molecular weight excluding hydrogens is 452 g/mol. The first-order valence-electron chi connectivity index (χ1n) is 13.6. The number of carbonyl (C=O) groups is 1. The van der Waals surface area contributed by atoms with Gasteiger partial charge in [-0.3, -0.25) is 9.69 Å². The summed E-state index contributed by atoms with van der Waals surface area (Å²) in [4.78, 5) is 24.0. The van der Waals surface area contributed by atoms with Crippen molar-refractivity contribution in [2.45, 2.75) is 63.8 Å². The molecule has 0 bridgehead atoms. The molecule has 8 heteroatoms.